The van der Waals surface area contributed by atoms with Gasteiger partial charge in [-0.25, -0.2) is 18.2 Å². The maximum Gasteiger partial charge on any atom is 0.133 e. The molecular formula is C13H12F3N3. The minimum absolute atomic E-state index is 0.173. The Kier molecular flexibility index (Phi) is 3.71. The second-order valence-corrected chi connectivity index (χ2v) is 4.18. The number of anilines is 1. The van der Waals surface area contributed by atoms with E-state index in [1.165, 1.54) is 6.20 Å². The van der Waals surface area contributed by atoms with Crippen molar-refractivity contribution in [3.05, 3.63) is 59.0 Å². The fourth-order valence-corrected chi connectivity index (χ4v) is 1.88. The SMILES string of the molecule is Nc1cc(CC(N)c2c(F)cc(F)cc2F)ccn1. The molecule has 0 spiro atoms. The highest BCUT2D eigenvalue weighted by atomic mass is 19.1. The summed E-state index contributed by atoms with van der Waals surface area (Å²) in [4.78, 5) is 3.81. The van der Waals surface area contributed by atoms with Crippen LogP contribution in [0.3, 0.4) is 0 Å². The molecule has 0 saturated heterocycles. The van der Waals surface area contributed by atoms with Crippen LogP contribution >= 0.6 is 0 Å². The summed E-state index contributed by atoms with van der Waals surface area (Å²) in [6.45, 7) is 0. The molecule has 6 heteroatoms. The number of nitrogens with zero attached hydrogens (tertiary/aromatic N) is 1. The molecule has 1 heterocycles. The van der Waals surface area contributed by atoms with E-state index >= 15 is 0 Å². The van der Waals surface area contributed by atoms with E-state index in [1.54, 1.807) is 12.1 Å². The van der Waals surface area contributed by atoms with Gasteiger partial charge in [0.15, 0.2) is 0 Å². The second kappa shape index (κ2) is 5.27. The van der Waals surface area contributed by atoms with Gasteiger partial charge in [-0.3, -0.25) is 0 Å². The normalized spacial score (nSPS) is 12.4. The summed E-state index contributed by atoms with van der Waals surface area (Å²) in [5.74, 6) is -2.66. The van der Waals surface area contributed by atoms with E-state index in [0.717, 1.165) is 0 Å². The van der Waals surface area contributed by atoms with Crippen molar-refractivity contribution >= 4 is 5.82 Å². The molecule has 1 aromatic heterocycles. The molecule has 1 atom stereocenters. The zero-order valence-electron chi connectivity index (χ0n) is 9.91. The highest BCUT2D eigenvalue weighted by Crippen LogP contribution is 2.23. The van der Waals surface area contributed by atoms with Gasteiger partial charge < -0.3 is 11.5 Å². The average Bonchev–Trinajstić information content (AvgIpc) is 2.27. The van der Waals surface area contributed by atoms with Crippen LogP contribution < -0.4 is 11.5 Å². The average molecular weight is 267 g/mol. The van der Waals surface area contributed by atoms with E-state index in [-0.39, 0.29) is 12.0 Å². The first-order valence-electron chi connectivity index (χ1n) is 5.58. The minimum Gasteiger partial charge on any atom is -0.384 e. The van der Waals surface area contributed by atoms with Crippen LogP contribution in [0.4, 0.5) is 19.0 Å². The van der Waals surface area contributed by atoms with Crippen molar-refractivity contribution in [2.75, 3.05) is 5.73 Å². The Morgan fingerprint density at radius 3 is 2.32 bits per heavy atom. The molecule has 0 aliphatic carbocycles. The van der Waals surface area contributed by atoms with Gasteiger partial charge in [-0.1, -0.05) is 0 Å². The number of nitrogen functional groups attached to an aromatic ring is 1. The summed E-state index contributed by atoms with van der Waals surface area (Å²) in [5.41, 5.74) is 11.6. The fourth-order valence-electron chi connectivity index (χ4n) is 1.88. The van der Waals surface area contributed by atoms with E-state index < -0.39 is 23.5 Å². The number of rotatable bonds is 3. The lowest BCUT2D eigenvalue weighted by Gasteiger charge is -2.14. The molecule has 2 rings (SSSR count). The predicted molar refractivity (Wildman–Crippen MR) is 65.6 cm³/mol. The van der Waals surface area contributed by atoms with Crippen molar-refractivity contribution in [3.8, 4) is 0 Å². The van der Waals surface area contributed by atoms with Crippen molar-refractivity contribution in [1.82, 2.24) is 4.98 Å². The predicted octanol–water partition coefficient (Wildman–Crippen LogP) is 2.32. The Hall–Kier alpha value is -2.08. The van der Waals surface area contributed by atoms with Crippen molar-refractivity contribution < 1.29 is 13.2 Å². The molecule has 0 aliphatic rings. The molecule has 2 aromatic rings. The van der Waals surface area contributed by atoms with Crippen LogP contribution in [0.2, 0.25) is 0 Å². The Bertz CT molecular complexity index is 578. The lowest BCUT2D eigenvalue weighted by atomic mass is 9.99. The molecule has 3 nitrogen and oxygen atoms in total. The van der Waals surface area contributed by atoms with Crippen molar-refractivity contribution in [2.45, 2.75) is 12.5 Å². The highest BCUT2D eigenvalue weighted by molar-refractivity contribution is 5.33. The molecule has 0 aliphatic heterocycles. The van der Waals surface area contributed by atoms with Gasteiger partial charge in [0.1, 0.15) is 23.3 Å². The first kappa shape index (κ1) is 13.4. The third-order valence-electron chi connectivity index (χ3n) is 2.72. The van der Waals surface area contributed by atoms with Gasteiger partial charge in [0.25, 0.3) is 0 Å². The van der Waals surface area contributed by atoms with Gasteiger partial charge >= 0.3 is 0 Å². The summed E-state index contributed by atoms with van der Waals surface area (Å²) >= 11 is 0. The second-order valence-electron chi connectivity index (χ2n) is 4.18. The van der Waals surface area contributed by atoms with Crippen molar-refractivity contribution in [3.63, 3.8) is 0 Å². The van der Waals surface area contributed by atoms with Crippen LogP contribution in [0.1, 0.15) is 17.2 Å². The number of nitrogens with two attached hydrogens (primary N) is 2. The summed E-state index contributed by atoms with van der Waals surface area (Å²) in [6, 6.07) is 3.51. The van der Waals surface area contributed by atoms with Gasteiger partial charge in [-0.2, -0.15) is 0 Å². The third-order valence-corrected chi connectivity index (χ3v) is 2.72. The van der Waals surface area contributed by atoms with Crippen molar-refractivity contribution in [2.24, 2.45) is 5.73 Å². The van der Waals surface area contributed by atoms with Crippen LogP contribution in [0.5, 0.6) is 0 Å². The quantitative estimate of drug-likeness (QED) is 0.897. The van der Waals surface area contributed by atoms with E-state index in [4.69, 9.17) is 11.5 Å². The minimum atomic E-state index is -0.993. The summed E-state index contributed by atoms with van der Waals surface area (Å²) in [7, 11) is 0. The number of benzene rings is 1. The van der Waals surface area contributed by atoms with E-state index in [2.05, 4.69) is 4.98 Å². The maximum absolute atomic E-state index is 13.5. The summed E-state index contributed by atoms with van der Waals surface area (Å²) in [6.07, 6.45) is 1.65. The van der Waals surface area contributed by atoms with Gasteiger partial charge in [0, 0.05) is 29.9 Å². The third kappa shape index (κ3) is 3.03. The largest absolute Gasteiger partial charge is 0.384 e. The standard InChI is InChI=1S/C13H12F3N3/c14-8-5-9(15)13(10(16)6-8)11(17)3-7-1-2-19-12(18)4-7/h1-2,4-6,11H,3,17H2,(H2,18,19). The Morgan fingerprint density at radius 2 is 1.74 bits per heavy atom. The zero-order chi connectivity index (χ0) is 14.0. The molecule has 0 radical (unpaired) electrons. The van der Waals surface area contributed by atoms with Crippen LogP contribution in [0.25, 0.3) is 0 Å². The first-order chi connectivity index (χ1) is 8.97. The number of pyridine rings is 1. The van der Waals surface area contributed by atoms with Crippen LogP contribution in [-0.4, -0.2) is 4.98 Å². The maximum atomic E-state index is 13.5. The molecule has 0 amide bonds. The van der Waals surface area contributed by atoms with Crippen LogP contribution in [-0.2, 0) is 6.42 Å². The van der Waals surface area contributed by atoms with Gasteiger partial charge in [0.2, 0.25) is 0 Å². The highest BCUT2D eigenvalue weighted by Gasteiger charge is 2.18. The summed E-state index contributed by atoms with van der Waals surface area (Å²) in [5, 5.41) is 0. The fraction of sp³-hybridized carbons (Fsp3) is 0.154. The molecule has 19 heavy (non-hydrogen) atoms. The molecule has 0 fully saturated rings. The number of halogens is 3. The number of hydrogen-bond acceptors (Lipinski definition) is 3. The molecule has 0 saturated carbocycles. The zero-order valence-corrected chi connectivity index (χ0v) is 9.91. The molecular weight excluding hydrogens is 255 g/mol. The van der Waals surface area contributed by atoms with Crippen molar-refractivity contribution in [1.29, 1.82) is 0 Å². The van der Waals surface area contributed by atoms with Gasteiger partial charge in [-0.15, -0.1) is 0 Å². The summed E-state index contributed by atoms with van der Waals surface area (Å²) < 4.78 is 39.9. The number of hydrogen-bond donors (Lipinski definition) is 2. The lowest BCUT2D eigenvalue weighted by Crippen LogP contribution is -2.17. The smallest absolute Gasteiger partial charge is 0.133 e. The van der Waals surface area contributed by atoms with E-state index in [9.17, 15) is 13.2 Å². The van der Waals surface area contributed by atoms with Crippen LogP contribution in [0, 0.1) is 17.5 Å². The molecule has 100 valence electrons. The van der Waals surface area contributed by atoms with E-state index in [0.29, 0.717) is 23.5 Å². The van der Waals surface area contributed by atoms with Gasteiger partial charge in [-0.05, 0) is 24.1 Å². The molecule has 0 bridgehead atoms. The van der Waals surface area contributed by atoms with Crippen LogP contribution in [0.15, 0.2) is 30.5 Å². The monoisotopic (exact) mass is 267 g/mol. The molecule has 1 aromatic carbocycles. The first-order valence-corrected chi connectivity index (χ1v) is 5.58. The van der Waals surface area contributed by atoms with E-state index in [1.807, 2.05) is 0 Å². The lowest BCUT2D eigenvalue weighted by molar-refractivity contribution is 0.501. The Morgan fingerprint density at radius 1 is 1.11 bits per heavy atom. The Balaban J connectivity index is 2.28. The molecule has 1 unspecified atom stereocenters. The Labute approximate surface area is 108 Å². The number of aromatic nitrogens is 1. The van der Waals surface area contributed by atoms with Gasteiger partial charge in [0.05, 0.1) is 0 Å². The molecule has 4 N–H and O–H groups in total. The topological polar surface area (TPSA) is 64.9 Å².